The van der Waals surface area contributed by atoms with Gasteiger partial charge in [-0.05, 0) is 17.7 Å². The molecular formula is C15H14FN3O3. The van der Waals surface area contributed by atoms with Crippen LogP contribution in [-0.4, -0.2) is 47.3 Å². The number of urea groups is 1. The Morgan fingerprint density at radius 3 is 2.59 bits per heavy atom. The molecule has 1 aliphatic rings. The van der Waals surface area contributed by atoms with Gasteiger partial charge in [0.05, 0.1) is 13.1 Å². The molecule has 0 atom stereocenters. The monoisotopic (exact) mass is 303 g/mol. The average molecular weight is 303 g/mol. The molecule has 0 aliphatic carbocycles. The van der Waals surface area contributed by atoms with Crippen molar-refractivity contribution in [2.45, 2.75) is 6.54 Å². The van der Waals surface area contributed by atoms with Gasteiger partial charge in [0, 0.05) is 6.54 Å². The van der Waals surface area contributed by atoms with E-state index in [1.54, 1.807) is 12.1 Å². The number of terminal acetylenes is 1. The first-order valence-corrected chi connectivity index (χ1v) is 6.55. The Bertz CT molecular complexity index is 620. The summed E-state index contributed by atoms with van der Waals surface area (Å²) >= 11 is 0. The van der Waals surface area contributed by atoms with Crippen molar-refractivity contribution in [3.8, 4) is 12.3 Å². The number of imide groups is 1. The minimum Gasteiger partial charge on any atom is -0.329 e. The van der Waals surface area contributed by atoms with Crippen LogP contribution in [0.25, 0.3) is 0 Å². The number of carbonyl (C=O) groups is 3. The molecule has 114 valence electrons. The molecule has 0 saturated carbocycles. The molecule has 2 rings (SSSR count). The summed E-state index contributed by atoms with van der Waals surface area (Å²) < 4.78 is 12.9. The highest BCUT2D eigenvalue weighted by atomic mass is 19.1. The molecule has 22 heavy (non-hydrogen) atoms. The molecular weight excluding hydrogens is 289 g/mol. The molecule has 0 spiro atoms. The highest BCUT2D eigenvalue weighted by Crippen LogP contribution is 2.08. The van der Waals surface area contributed by atoms with Crippen molar-refractivity contribution in [3.05, 3.63) is 35.6 Å². The lowest BCUT2D eigenvalue weighted by Crippen LogP contribution is -2.43. The van der Waals surface area contributed by atoms with Gasteiger partial charge in [0.25, 0.3) is 5.91 Å². The van der Waals surface area contributed by atoms with Crippen molar-refractivity contribution >= 4 is 17.8 Å². The summed E-state index contributed by atoms with van der Waals surface area (Å²) in [7, 11) is 0. The van der Waals surface area contributed by atoms with Gasteiger partial charge in [-0.2, -0.15) is 0 Å². The summed E-state index contributed by atoms with van der Waals surface area (Å²) in [5, 5.41) is 2.34. The first-order valence-electron chi connectivity index (χ1n) is 6.55. The van der Waals surface area contributed by atoms with E-state index in [0.717, 1.165) is 4.90 Å². The van der Waals surface area contributed by atoms with E-state index in [9.17, 15) is 18.8 Å². The lowest BCUT2D eigenvalue weighted by molar-refractivity contribution is -0.136. The standard InChI is InChI=1S/C15H14FN3O3/c1-2-7-18(9-11-3-5-12(16)6-4-11)14(21)10-19-13(20)8-17-15(19)22/h1,3-6H,7-10H2,(H,17,22). The van der Waals surface area contributed by atoms with Gasteiger partial charge in [-0.3, -0.25) is 14.5 Å². The first-order chi connectivity index (χ1) is 10.5. The average Bonchev–Trinajstić information content (AvgIpc) is 2.81. The van der Waals surface area contributed by atoms with E-state index >= 15 is 0 Å². The Morgan fingerprint density at radius 1 is 1.36 bits per heavy atom. The lowest BCUT2D eigenvalue weighted by Gasteiger charge is -2.22. The van der Waals surface area contributed by atoms with Crippen molar-refractivity contribution in [1.82, 2.24) is 15.1 Å². The van der Waals surface area contributed by atoms with Crippen LogP contribution >= 0.6 is 0 Å². The quantitative estimate of drug-likeness (QED) is 0.630. The van der Waals surface area contributed by atoms with Crippen molar-refractivity contribution in [2.75, 3.05) is 19.6 Å². The molecule has 1 fully saturated rings. The Morgan fingerprint density at radius 2 is 2.05 bits per heavy atom. The number of hydrogen-bond acceptors (Lipinski definition) is 3. The van der Waals surface area contributed by atoms with E-state index in [-0.39, 0.29) is 32.0 Å². The third-order valence-electron chi connectivity index (χ3n) is 3.15. The van der Waals surface area contributed by atoms with Gasteiger partial charge in [0.1, 0.15) is 12.4 Å². The van der Waals surface area contributed by atoms with Crippen LogP contribution in [0.15, 0.2) is 24.3 Å². The Kier molecular flexibility index (Phi) is 4.73. The summed E-state index contributed by atoms with van der Waals surface area (Å²) in [5.41, 5.74) is 0.696. The number of nitrogens with one attached hydrogen (secondary N) is 1. The van der Waals surface area contributed by atoms with E-state index in [0.29, 0.717) is 5.56 Å². The maximum absolute atomic E-state index is 12.9. The summed E-state index contributed by atoms with van der Waals surface area (Å²) in [6.07, 6.45) is 5.24. The molecule has 4 amide bonds. The number of nitrogens with zero attached hydrogens (tertiary/aromatic N) is 2. The molecule has 1 aromatic rings. The molecule has 1 heterocycles. The van der Waals surface area contributed by atoms with Crippen molar-refractivity contribution in [2.24, 2.45) is 0 Å². The number of amides is 4. The summed E-state index contributed by atoms with van der Waals surface area (Å²) in [6, 6.07) is 5.05. The molecule has 1 N–H and O–H groups in total. The Balaban J connectivity index is 2.05. The van der Waals surface area contributed by atoms with Crippen molar-refractivity contribution in [3.63, 3.8) is 0 Å². The van der Waals surface area contributed by atoms with E-state index in [1.807, 2.05) is 0 Å². The summed E-state index contributed by atoms with van der Waals surface area (Å²) in [4.78, 5) is 37.3. The maximum Gasteiger partial charge on any atom is 0.325 e. The smallest absolute Gasteiger partial charge is 0.325 e. The van der Waals surface area contributed by atoms with Gasteiger partial charge in [-0.25, -0.2) is 9.18 Å². The van der Waals surface area contributed by atoms with Crippen LogP contribution in [0.1, 0.15) is 5.56 Å². The minimum absolute atomic E-state index is 0.0276. The van der Waals surface area contributed by atoms with Gasteiger partial charge in [0.15, 0.2) is 0 Å². The predicted octanol–water partition coefficient (Wildman–Crippen LogP) is 0.339. The van der Waals surface area contributed by atoms with Crippen LogP contribution in [0.5, 0.6) is 0 Å². The third-order valence-corrected chi connectivity index (χ3v) is 3.15. The van der Waals surface area contributed by atoms with E-state index in [4.69, 9.17) is 6.42 Å². The molecule has 0 aromatic heterocycles. The minimum atomic E-state index is -0.596. The molecule has 6 nitrogen and oxygen atoms in total. The van der Waals surface area contributed by atoms with Crippen LogP contribution in [0, 0.1) is 18.2 Å². The number of halogens is 1. The van der Waals surface area contributed by atoms with Crippen LogP contribution in [0.4, 0.5) is 9.18 Å². The topological polar surface area (TPSA) is 69.7 Å². The maximum atomic E-state index is 12.9. The van der Waals surface area contributed by atoms with Crippen LogP contribution in [-0.2, 0) is 16.1 Å². The fourth-order valence-electron chi connectivity index (χ4n) is 2.00. The van der Waals surface area contributed by atoms with Gasteiger partial charge >= 0.3 is 6.03 Å². The van der Waals surface area contributed by atoms with E-state index in [2.05, 4.69) is 11.2 Å². The zero-order chi connectivity index (χ0) is 16.1. The highest BCUT2D eigenvalue weighted by molar-refractivity contribution is 6.04. The normalized spacial score (nSPS) is 13.7. The molecule has 0 unspecified atom stereocenters. The molecule has 1 aliphatic heterocycles. The third kappa shape index (κ3) is 3.61. The second kappa shape index (κ2) is 6.72. The number of hydrogen-bond donors (Lipinski definition) is 1. The van der Waals surface area contributed by atoms with Gasteiger partial charge < -0.3 is 10.2 Å². The second-order valence-electron chi connectivity index (χ2n) is 4.72. The summed E-state index contributed by atoms with van der Waals surface area (Å²) in [6.45, 7) is -0.278. The second-order valence-corrected chi connectivity index (χ2v) is 4.72. The van der Waals surface area contributed by atoms with Gasteiger partial charge in [-0.15, -0.1) is 6.42 Å². The van der Waals surface area contributed by atoms with Crippen molar-refractivity contribution in [1.29, 1.82) is 0 Å². The lowest BCUT2D eigenvalue weighted by atomic mass is 10.2. The number of benzene rings is 1. The zero-order valence-corrected chi connectivity index (χ0v) is 11.7. The Hall–Kier alpha value is -2.88. The zero-order valence-electron chi connectivity index (χ0n) is 11.7. The number of carbonyl (C=O) groups excluding carboxylic acids is 3. The largest absolute Gasteiger partial charge is 0.329 e. The van der Waals surface area contributed by atoms with Crippen LogP contribution in [0.2, 0.25) is 0 Å². The van der Waals surface area contributed by atoms with E-state index in [1.165, 1.54) is 17.0 Å². The van der Waals surface area contributed by atoms with Gasteiger partial charge in [-0.1, -0.05) is 18.1 Å². The Labute approximate surface area is 126 Å². The summed E-state index contributed by atoms with van der Waals surface area (Å²) in [5.74, 6) is 1.07. The predicted molar refractivity (Wildman–Crippen MR) is 75.8 cm³/mol. The molecule has 1 saturated heterocycles. The molecule has 7 heteroatoms. The molecule has 1 aromatic carbocycles. The molecule has 0 radical (unpaired) electrons. The fourth-order valence-corrected chi connectivity index (χ4v) is 2.00. The SMILES string of the molecule is C#CCN(Cc1ccc(F)cc1)C(=O)CN1C(=O)CNC1=O. The number of rotatable bonds is 5. The fraction of sp³-hybridized carbons (Fsp3) is 0.267. The highest BCUT2D eigenvalue weighted by Gasteiger charge is 2.31. The first kappa shape index (κ1) is 15.5. The van der Waals surface area contributed by atoms with Crippen molar-refractivity contribution < 1.29 is 18.8 Å². The van der Waals surface area contributed by atoms with E-state index < -0.39 is 17.8 Å². The van der Waals surface area contributed by atoms with Crippen LogP contribution in [0.3, 0.4) is 0 Å². The van der Waals surface area contributed by atoms with Crippen LogP contribution < -0.4 is 5.32 Å². The molecule has 0 bridgehead atoms. The van der Waals surface area contributed by atoms with Gasteiger partial charge in [0.2, 0.25) is 5.91 Å².